The number of carbonyl (C=O) groups excluding carboxylic acids is 1. The van der Waals surface area contributed by atoms with E-state index in [0.29, 0.717) is 33.8 Å². The molecule has 0 radical (unpaired) electrons. The van der Waals surface area contributed by atoms with Gasteiger partial charge in [0.05, 0.1) is 17.5 Å². The third-order valence-electron chi connectivity index (χ3n) is 5.59. The average Bonchev–Trinajstić information content (AvgIpc) is 3.23. The lowest BCUT2D eigenvalue weighted by molar-refractivity contribution is -0.113. The van der Waals surface area contributed by atoms with Gasteiger partial charge in [0.2, 0.25) is 5.95 Å². The maximum atomic E-state index is 13.4. The molecule has 0 fully saturated rings. The first-order chi connectivity index (χ1) is 16.0. The molecule has 2 aromatic carbocycles. The molecule has 164 valence electrons. The number of aromatic nitrogens is 4. The molecule has 4 aromatic rings. The lowest BCUT2D eigenvalue weighted by atomic mass is 9.95. The van der Waals surface area contributed by atoms with E-state index in [1.54, 1.807) is 29.2 Å². The number of halogens is 1. The maximum absolute atomic E-state index is 13.4. The van der Waals surface area contributed by atoms with Gasteiger partial charge < -0.3 is 10.6 Å². The number of benzene rings is 2. The number of fused-ring (bicyclic) bond motifs is 1. The molecule has 1 aliphatic heterocycles. The van der Waals surface area contributed by atoms with Gasteiger partial charge >= 0.3 is 0 Å². The summed E-state index contributed by atoms with van der Waals surface area (Å²) in [6, 6.07) is 18.5. The highest BCUT2D eigenvalue weighted by atomic mass is 35.5. The van der Waals surface area contributed by atoms with Crippen LogP contribution in [0, 0.1) is 6.92 Å². The molecule has 1 aliphatic rings. The number of aryl methyl sites for hydroxylation is 1. The molecular formula is C25H21ClN6O. The molecule has 0 aliphatic carbocycles. The van der Waals surface area contributed by atoms with Gasteiger partial charge in [0.15, 0.2) is 5.82 Å². The second-order valence-corrected chi connectivity index (χ2v) is 8.27. The number of nitrogens with one attached hydrogen (secondary N) is 2. The van der Waals surface area contributed by atoms with Crippen LogP contribution in [0.2, 0.25) is 5.02 Å². The van der Waals surface area contributed by atoms with Crippen LogP contribution in [0.3, 0.4) is 0 Å². The SMILES string of the molecule is CC1=C(C(=O)Nc2cccnc2)C(c2ccc(Cl)cc2)n2nc(-c3ccccc3C)nc2N1. The molecule has 1 amide bonds. The van der Waals surface area contributed by atoms with E-state index in [2.05, 4.69) is 15.6 Å². The lowest BCUT2D eigenvalue weighted by Crippen LogP contribution is -2.31. The normalized spacial score (nSPS) is 15.1. The van der Waals surface area contributed by atoms with Crippen LogP contribution in [0.15, 0.2) is 84.3 Å². The van der Waals surface area contributed by atoms with Crippen molar-refractivity contribution in [3.63, 3.8) is 0 Å². The van der Waals surface area contributed by atoms with Crippen LogP contribution in [-0.4, -0.2) is 25.7 Å². The minimum Gasteiger partial charge on any atom is -0.328 e. The first kappa shape index (κ1) is 20.9. The molecule has 3 heterocycles. The monoisotopic (exact) mass is 456 g/mol. The number of anilines is 2. The van der Waals surface area contributed by atoms with Crippen molar-refractivity contribution in [3.05, 3.63) is 100 Å². The van der Waals surface area contributed by atoms with Gasteiger partial charge in [0.25, 0.3) is 5.91 Å². The third kappa shape index (κ3) is 3.99. The van der Waals surface area contributed by atoms with Crippen LogP contribution in [0.5, 0.6) is 0 Å². The quantitative estimate of drug-likeness (QED) is 0.439. The Hall–Kier alpha value is -3.97. The standard InChI is InChI=1S/C25H21ClN6O/c1-15-6-3-4-8-20(15)23-30-25-28-16(2)21(24(33)29-19-7-5-13-27-14-19)22(32(25)31-23)17-9-11-18(26)12-10-17/h3-14,22H,1-2H3,(H,29,33)(H,28,30,31). The van der Waals surface area contributed by atoms with Crippen molar-refractivity contribution >= 4 is 29.1 Å². The topological polar surface area (TPSA) is 84.7 Å². The van der Waals surface area contributed by atoms with Gasteiger partial charge in [-0.25, -0.2) is 4.68 Å². The lowest BCUT2D eigenvalue weighted by Gasteiger charge is -2.28. The van der Waals surface area contributed by atoms with E-state index in [4.69, 9.17) is 21.7 Å². The van der Waals surface area contributed by atoms with E-state index < -0.39 is 6.04 Å². The van der Waals surface area contributed by atoms with E-state index >= 15 is 0 Å². The number of amides is 1. The number of allylic oxidation sites excluding steroid dienone is 1. The Morgan fingerprint density at radius 1 is 1.06 bits per heavy atom. The zero-order chi connectivity index (χ0) is 22.9. The van der Waals surface area contributed by atoms with Crippen LogP contribution in [0.4, 0.5) is 11.6 Å². The zero-order valence-corrected chi connectivity index (χ0v) is 18.8. The fourth-order valence-corrected chi connectivity index (χ4v) is 4.10. The molecular weight excluding hydrogens is 436 g/mol. The van der Waals surface area contributed by atoms with Gasteiger partial charge in [0.1, 0.15) is 6.04 Å². The predicted octanol–water partition coefficient (Wildman–Crippen LogP) is 5.23. The smallest absolute Gasteiger partial charge is 0.255 e. The van der Waals surface area contributed by atoms with Gasteiger partial charge in [-0.1, -0.05) is 48.0 Å². The number of nitrogens with zero attached hydrogens (tertiary/aromatic N) is 4. The van der Waals surface area contributed by atoms with Crippen molar-refractivity contribution in [3.8, 4) is 11.4 Å². The molecule has 2 aromatic heterocycles. The number of rotatable bonds is 4. The van der Waals surface area contributed by atoms with Gasteiger partial charge in [0, 0.05) is 22.5 Å². The summed E-state index contributed by atoms with van der Waals surface area (Å²) in [4.78, 5) is 22.3. The second-order valence-electron chi connectivity index (χ2n) is 7.83. The number of pyridine rings is 1. The summed E-state index contributed by atoms with van der Waals surface area (Å²) < 4.78 is 1.76. The van der Waals surface area contributed by atoms with Gasteiger partial charge in [-0.15, -0.1) is 5.10 Å². The third-order valence-corrected chi connectivity index (χ3v) is 5.84. The summed E-state index contributed by atoms with van der Waals surface area (Å²) in [6.07, 6.45) is 3.27. The molecule has 0 saturated heterocycles. The average molecular weight is 457 g/mol. The first-order valence-electron chi connectivity index (χ1n) is 10.5. The Morgan fingerprint density at radius 2 is 1.85 bits per heavy atom. The molecule has 0 spiro atoms. The van der Waals surface area contributed by atoms with Crippen LogP contribution < -0.4 is 10.6 Å². The van der Waals surface area contributed by atoms with Crippen LogP contribution in [-0.2, 0) is 4.79 Å². The first-order valence-corrected chi connectivity index (χ1v) is 10.9. The van der Waals surface area contributed by atoms with E-state index in [1.807, 2.05) is 62.4 Å². The van der Waals surface area contributed by atoms with Gasteiger partial charge in [-0.05, 0) is 49.2 Å². The molecule has 1 unspecified atom stereocenters. The maximum Gasteiger partial charge on any atom is 0.255 e. The Labute approximate surface area is 196 Å². The zero-order valence-electron chi connectivity index (χ0n) is 18.1. The van der Waals surface area contributed by atoms with Gasteiger partial charge in [-0.2, -0.15) is 4.98 Å². The Morgan fingerprint density at radius 3 is 2.58 bits per heavy atom. The molecule has 8 heteroatoms. The number of hydrogen-bond donors (Lipinski definition) is 2. The van der Waals surface area contributed by atoms with Crippen LogP contribution >= 0.6 is 11.6 Å². The molecule has 7 nitrogen and oxygen atoms in total. The Kier molecular flexibility index (Phi) is 5.40. The Bertz CT molecular complexity index is 1360. The van der Waals surface area contributed by atoms with Crippen molar-refractivity contribution in [2.45, 2.75) is 19.9 Å². The van der Waals surface area contributed by atoms with Crippen molar-refractivity contribution in [2.24, 2.45) is 0 Å². The highest BCUT2D eigenvalue weighted by molar-refractivity contribution is 6.30. The predicted molar refractivity (Wildman–Crippen MR) is 129 cm³/mol. The molecule has 0 saturated carbocycles. The van der Waals surface area contributed by atoms with Crippen LogP contribution in [0.1, 0.15) is 24.1 Å². The summed E-state index contributed by atoms with van der Waals surface area (Å²) in [5, 5.41) is 11.6. The minimum atomic E-state index is -0.486. The molecule has 2 N–H and O–H groups in total. The van der Waals surface area contributed by atoms with Crippen molar-refractivity contribution in [1.82, 2.24) is 19.7 Å². The molecule has 1 atom stereocenters. The van der Waals surface area contributed by atoms with E-state index in [1.165, 1.54) is 0 Å². The summed E-state index contributed by atoms with van der Waals surface area (Å²) >= 11 is 6.14. The summed E-state index contributed by atoms with van der Waals surface area (Å²) in [5.74, 6) is 0.923. The van der Waals surface area contributed by atoms with Crippen molar-refractivity contribution in [2.75, 3.05) is 10.6 Å². The van der Waals surface area contributed by atoms with Crippen molar-refractivity contribution in [1.29, 1.82) is 0 Å². The fourth-order valence-electron chi connectivity index (χ4n) is 3.97. The Balaban J connectivity index is 1.62. The highest BCUT2D eigenvalue weighted by Crippen LogP contribution is 2.37. The van der Waals surface area contributed by atoms with E-state index in [0.717, 1.165) is 16.7 Å². The summed E-state index contributed by atoms with van der Waals surface area (Å²) in [7, 11) is 0. The molecule has 5 rings (SSSR count). The van der Waals surface area contributed by atoms with E-state index in [9.17, 15) is 4.79 Å². The number of carbonyl (C=O) groups is 1. The van der Waals surface area contributed by atoms with Crippen LogP contribution in [0.25, 0.3) is 11.4 Å². The summed E-state index contributed by atoms with van der Waals surface area (Å²) in [5.41, 5.74) is 4.74. The fraction of sp³-hybridized carbons (Fsp3) is 0.120. The molecule has 0 bridgehead atoms. The highest BCUT2D eigenvalue weighted by Gasteiger charge is 2.34. The van der Waals surface area contributed by atoms with Crippen molar-refractivity contribution < 1.29 is 4.79 Å². The van der Waals surface area contributed by atoms with Gasteiger partial charge in [-0.3, -0.25) is 9.78 Å². The largest absolute Gasteiger partial charge is 0.328 e. The second kappa shape index (κ2) is 8.52. The summed E-state index contributed by atoms with van der Waals surface area (Å²) in [6.45, 7) is 3.89. The number of hydrogen-bond acceptors (Lipinski definition) is 5. The minimum absolute atomic E-state index is 0.244. The molecule has 33 heavy (non-hydrogen) atoms. The van der Waals surface area contributed by atoms with E-state index in [-0.39, 0.29) is 5.91 Å².